The van der Waals surface area contributed by atoms with Crippen molar-refractivity contribution in [3.63, 3.8) is 0 Å². The zero-order valence-corrected chi connectivity index (χ0v) is 10.2. The number of nitrogens with two attached hydrogens (primary N) is 1. The first-order valence-electron chi connectivity index (χ1n) is 6.27. The van der Waals surface area contributed by atoms with Crippen molar-refractivity contribution >= 4 is 5.95 Å². The molecule has 1 unspecified atom stereocenters. The van der Waals surface area contributed by atoms with Gasteiger partial charge in [-0.2, -0.15) is 4.98 Å². The Balaban J connectivity index is 1.70. The average molecular weight is 243 g/mol. The number of aromatic nitrogens is 3. The molecule has 3 N–H and O–H groups in total. The minimum absolute atomic E-state index is 0.251. The molecule has 1 saturated heterocycles. The smallest absolute Gasteiger partial charge is 0.244 e. The molecule has 1 atom stereocenters. The number of rotatable bonds is 3. The number of nitrogens with zero attached hydrogens (tertiary/aromatic N) is 3. The molecule has 5 heteroatoms. The summed E-state index contributed by atoms with van der Waals surface area (Å²) in [6.07, 6.45) is 1.80. The number of hydrogen-bond donors (Lipinski definition) is 2. The largest absolute Gasteiger partial charge is 0.338 e. The SMILES string of the molecule is NC1CCN(c2n[nH]c(Cc3ccccc3)n2)C1. The molecule has 1 fully saturated rings. The lowest BCUT2D eigenvalue weighted by atomic mass is 10.1. The third kappa shape index (κ3) is 2.36. The lowest BCUT2D eigenvalue weighted by molar-refractivity contribution is 0.750. The molecule has 0 saturated carbocycles. The van der Waals surface area contributed by atoms with E-state index in [0.29, 0.717) is 0 Å². The van der Waals surface area contributed by atoms with Gasteiger partial charge in [0, 0.05) is 25.6 Å². The van der Waals surface area contributed by atoms with E-state index in [2.05, 4.69) is 32.2 Å². The van der Waals surface area contributed by atoms with E-state index in [1.807, 2.05) is 18.2 Å². The van der Waals surface area contributed by atoms with Crippen molar-refractivity contribution < 1.29 is 0 Å². The van der Waals surface area contributed by atoms with Gasteiger partial charge in [0.1, 0.15) is 5.82 Å². The number of H-pyrrole nitrogens is 1. The average Bonchev–Trinajstić information content (AvgIpc) is 2.99. The molecule has 1 aromatic carbocycles. The number of hydrogen-bond acceptors (Lipinski definition) is 4. The van der Waals surface area contributed by atoms with Gasteiger partial charge in [0.25, 0.3) is 0 Å². The summed E-state index contributed by atoms with van der Waals surface area (Å²) in [5.74, 6) is 1.67. The van der Waals surface area contributed by atoms with Crippen LogP contribution >= 0.6 is 0 Å². The van der Waals surface area contributed by atoms with Gasteiger partial charge >= 0.3 is 0 Å². The van der Waals surface area contributed by atoms with E-state index in [-0.39, 0.29) is 6.04 Å². The molecule has 3 rings (SSSR count). The van der Waals surface area contributed by atoms with E-state index < -0.39 is 0 Å². The molecule has 0 amide bonds. The summed E-state index contributed by atoms with van der Waals surface area (Å²) in [7, 11) is 0. The molecule has 1 aliphatic heterocycles. The monoisotopic (exact) mass is 243 g/mol. The Bertz CT molecular complexity index is 507. The Hall–Kier alpha value is -1.88. The maximum Gasteiger partial charge on any atom is 0.244 e. The van der Waals surface area contributed by atoms with Crippen molar-refractivity contribution in [1.29, 1.82) is 0 Å². The maximum atomic E-state index is 5.89. The van der Waals surface area contributed by atoms with E-state index in [0.717, 1.165) is 37.7 Å². The summed E-state index contributed by atoms with van der Waals surface area (Å²) in [6.45, 7) is 1.80. The molecule has 5 nitrogen and oxygen atoms in total. The van der Waals surface area contributed by atoms with E-state index >= 15 is 0 Å². The standard InChI is InChI=1S/C13H17N5/c14-11-6-7-18(9-11)13-15-12(16-17-13)8-10-4-2-1-3-5-10/h1-5,11H,6-9,14H2,(H,15,16,17). The predicted octanol–water partition coefficient (Wildman–Crippen LogP) is 0.933. The van der Waals surface area contributed by atoms with Crippen LogP contribution in [0.25, 0.3) is 0 Å². The highest BCUT2D eigenvalue weighted by Gasteiger charge is 2.22. The first-order valence-corrected chi connectivity index (χ1v) is 6.27. The van der Waals surface area contributed by atoms with Crippen molar-refractivity contribution in [2.45, 2.75) is 18.9 Å². The molecule has 0 radical (unpaired) electrons. The Morgan fingerprint density at radius 3 is 2.89 bits per heavy atom. The molecule has 0 spiro atoms. The van der Waals surface area contributed by atoms with Crippen molar-refractivity contribution in [3.8, 4) is 0 Å². The predicted molar refractivity (Wildman–Crippen MR) is 70.4 cm³/mol. The van der Waals surface area contributed by atoms with Crippen LogP contribution in [0.15, 0.2) is 30.3 Å². The summed E-state index contributed by atoms with van der Waals surface area (Å²) < 4.78 is 0. The Labute approximate surface area is 106 Å². The summed E-state index contributed by atoms with van der Waals surface area (Å²) in [6, 6.07) is 10.5. The van der Waals surface area contributed by atoms with Crippen LogP contribution in [0.2, 0.25) is 0 Å². The highest BCUT2D eigenvalue weighted by atomic mass is 15.4. The molecule has 1 aliphatic rings. The van der Waals surface area contributed by atoms with Gasteiger partial charge in [-0.25, -0.2) is 0 Å². The molecule has 18 heavy (non-hydrogen) atoms. The zero-order valence-electron chi connectivity index (χ0n) is 10.2. The Kier molecular flexibility index (Phi) is 2.98. The molecular weight excluding hydrogens is 226 g/mol. The molecule has 0 bridgehead atoms. The lowest BCUT2D eigenvalue weighted by Gasteiger charge is -2.11. The van der Waals surface area contributed by atoms with Crippen LogP contribution in [0, 0.1) is 0 Å². The van der Waals surface area contributed by atoms with Gasteiger partial charge in [0.2, 0.25) is 5.95 Å². The second-order valence-electron chi connectivity index (χ2n) is 4.74. The zero-order chi connectivity index (χ0) is 12.4. The minimum Gasteiger partial charge on any atom is -0.338 e. The van der Waals surface area contributed by atoms with Crippen LogP contribution in [-0.4, -0.2) is 34.3 Å². The minimum atomic E-state index is 0.251. The molecule has 2 heterocycles. The lowest BCUT2D eigenvalue weighted by Crippen LogP contribution is -2.27. The van der Waals surface area contributed by atoms with E-state index in [1.165, 1.54) is 5.56 Å². The van der Waals surface area contributed by atoms with Crippen LogP contribution in [0.5, 0.6) is 0 Å². The fraction of sp³-hybridized carbons (Fsp3) is 0.385. The van der Waals surface area contributed by atoms with Gasteiger partial charge in [-0.3, -0.25) is 5.10 Å². The van der Waals surface area contributed by atoms with Crippen molar-refractivity contribution in [2.24, 2.45) is 5.73 Å². The van der Waals surface area contributed by atoms with Gasteiger partial charge in [-0.15, -0.1) is 5.10 Å². The van der Waals surface area contributed by atoms with Crippen LogP contribution in [-0.2, 0) is 6.42 Å². The van der Waals surface area contributed by atoms with E-state index in [9.17, 15) is 0 Å². The van der Waals surface area contributed by atoms with Crippen molar-refractivity contribution in [3.05, 3.63) is 41.7 Å². The quantitative estimate of drug-likeness (QED) is 0.841. The second-order valence-corrected chi connectivity index (χ2v) is 4.74. The molecule has 2 aromatic rings. The topological polar surface area (TPSA) is 70.8 Å². The van der Waals surface area contributed by atoms with E-state index in [4.69, 9.17) is 5.73 Å². The van der Waals surface area contributed by atoms with Crippen molar-refractivity contribution in [1.82, 2.24) is 15.2 Å². The number of benzene rings is 1. The van der Waals surface area contributed by atoms with Crippen LogP contribution in [0.3, 0.4) is 0 Å². The molecule has 94 valence electrons. The Morgan fingerprint density at radius 2 is 2.17 bits per heavy atom. The fourth-order valence-corrected chi connectivity index (χ4v) is 2.26. The summed E-state index contributed by atoms with van der Waals surface area (Å²) in [5.41, 5.74) is 7.12. The maximum absolute atomic E-state index is 5.89. The summed E-state index contributed by atoms with van der Waals surface area (Å²) in [4.78, 5) is 6.66. The summed E-state index contributed by atoms with van der Waals surface area (Å²) in [5, 5.41) is 7.27. The first-order chi connectivity index (χ1) is 8.81. The van der Waals surface area contributed by atoms with E-state index in [1.54, 1.807) is 0 Å². The van der Waals surface area contributed by atoms with Crippen molar-refractivity contribution in [2.75, 3.05) is 18.0 Å². The van der Waals surface area contributed by atoms with Gasteiger partial charge < -0.3 is 10.6 Å². The van der Waals surface area contributed by atoms with Gasteiger partial charge in [-0.05, 0) is 12.0 Å². The number of anilines is 1. The first kappa shape index (κ1) is 11.2. The Morgan fingerprint density at radius 1 is 1.33 bits per heavy atom. The third-order valence-corrected chi connectivity index (χ3v) is 3.24. The van der Waals surface area contributed by atoms with Gasteiger partial charge in [0.15, 0.2) is 0 Å². The van der Waals surface area contributed by atoms with Gasteiger partial charge in [0.05, 0.1) is 0 Å². The summed E-state index contributed by atoms with van der Waals surface area (Å²) >= 11 is 0. The normalized spacial score (nSPS) is 19.4. The van der Waals surface area contributed by atoms with Crippen LogP contribution in [0.4, 0.5) is 5.95 Å². The highest BCUT2D eigenvalue weighted by molar-refractivity contribution is 5.32. The highest BCUT2D eigenvalue weighted by Crippen LogP contribution is 2.15. The van der Waals surface area contributed by atoms with Crippen LogP contribution < -0.4 is 10.6 Å². The van der Waals surface area contributed by atoms with Crippen LogP contribution in [0.1, 0.15) is 17.8 Å². The molecule has 0 aliphatic carbocycles. The second kappa shape index (κ2) is 4.78. The molecular formula is C13H17N5. The number of aromatic amines is 1. The third-order valence-electron chi connectivity index (χ3n) is 3.24. The number of nitrogens with one attached hydrogen (secondary N) is 1. The fourth-order valence-electron chi connectivity index (χ4n) is 2.26. The molecule has 1 aromatic heterocycles. The van der Waals surface area contributed by atoms with Gasteiger partial charge in [-0.1, -0.05) is 30.3 Å².